The summed E-state index contributed by atoms with van der Waals surface area (Å²) < 4.78 is 31.0. The van der Waals surface area contributed by atoms with E-state index in [2.05, 4.69) is 0 Å². The number of allylic oxidation sites excluding steroid dienone is 1. The first-order valence-electron chi connectivity index (χ1n) is 7.00. The van der Waals surface area contributed by atoms with Gasteiger partial charge < -0.3 is 28.8 Å². The van der Waals surface area contributed by atoms with Gasteiger partial charge in [-0.25, -0.2) is 9.13 Å². The molecule has 1 aliphatic rings. The number of aryl methyl sites for hydroxylation is 2. The lowest BCUT2D eigenvalue weighted by Gasteiger charge is -2.18. The lowest BCUT2D eigenvalue weighted by atomic mass is 10.1. The van der Waals surface area contributed by atoms with Gasteiger partial charge in [-0.15, -0.1) is 0 Å². The normalized spacial score (nSPS) is 19.2. The Balaban J connectivity index is 0.000000550. The first kappa shape index (κ1) is 21.6. The second-order valence-corrected chi connectivity index (χ2v) is 7.48. The van der Waals surface area contributed by atoms with Gasteiger partial charge in [-0.3, -0.25) is 4.89 Å². The van der Waals surface area contributed by atoms with Gasteiger partial charge in [0.25, 0.3) is 0 Å². The summed E-state index contributed by atoms with van der Waals surface area (Å²) in [5.74, 6) is 0.561. The molecule has 0 fully saturated rings. The van der Waals surface area contributed by atoms with E-state index in [1.165, 1.54) is 12.2 Å². The summed E-state index contributed by atoms with van der Waals surface area (Å²) in [5, 5.41) is 9.28. The smallest absolute Gasteiger partial charge is 0.396 e. The fraction of sp³-hybridized carbons (Fsp3) is 0.286. The van der Waals surface area contributed by atoms with Crippen LogP contribution in [0.25, 0.3) is 0 Å². The van der Waals surface area contributed by atoms with Crippen molar-refractivity contribution >= 4 is 15.6 Å². The van der Waals surface area contributed by atoms with Crippen LogP contribution < -0.4 is 4.52 Å². The van der Waals surface area contributed by atoms with Gasteiger partial charge in [0.05, 0.1) is 6.10 Å². The van der Waals surface area contributed by atoms with Crippen molar-refractivity contribution in [3.8, 4) is 5.75 Å². The number of benzene rings is 1. The standard InChI is InChI=1S/C14H17O5P.H3O4P/c1-10-4-3-5-11(2)14(10)19-20(16,17)18-13-8-6-12(15)7-9-13;1-5(2,3)4/h3-6,8-9,12,15H,7H2,1-2H3,(H,16,17);(H3,1,2,3,4). The van der Waals surface area contributed by atoms with Crippen molar-refractivity contribution in [2.75, 3.05) is 0 Å². The molecule has 0 saturated heterocycles. The zero-order valence-electron chi connectivity index (χ0n) is 13.5. The highest BCUT2D eigenvalue weighted by Crippen LogP contribution is 2.48. The Morgan fingerprint density at radius 2 is 1.56 bits per heavy atom. The molecule has 1 aromatic rings. The number of rotatable bonds is 4. The van der Waals surface area contributed by atoms with Crippen molar-refractivity contribution in [1.29, 1.82) is 0 Å². The summed E-state index contributed by atoms with van der Waals surface area (Å²) in [6, 6.07) is 5.42. The molecule has 9 nitrogen and oxygen atoms in total. The molecule has 0 aromatic heterocycles. The Labute approximate surface area is 144 Å². The number of hydrogen-bond acceptors (Lipinski definition) is 5. The van der Waals surface area contributed by atoms with Crippen LogP contribution in [-0.2, 0) is 13.7 Å². The summed E-state index contributed by atoms with van der Waals surface area (Å²) in [6.07, 6.45) is 4.25. The number of aliphatic hydroxyl groups is 1. The molecule has 25 heavy (non-hydrogen) atoms. The van der Waals surface area contributed by atoms with Crippen molar-refractivity contribution in [2.45, 2.75) is 26.4 Å². The topological polar surface area (TPSA) is 154 Å². The van der Waals surface area contributed by atoms with Crippen molar-refractivity contribution in [2.24, 2.45) is 0 Å². The van der Waals surface area contributed by atoms with Gasteiger partial charge in [0.15, 0.2) is 0 Å². The van der Waals surface area contributed by atoms with Crippen molar-refractivity contribution in [1.82, 2.24) is 0 Å². The number of para-hydroxylation sites is 1. The molecule has 1 aromatic carbocycles. The zero-order valence-corrected chi connectivity index (χ0v) is 15.3. The van der Waals surface area contributed by atoms with E-state index in [1.807, 2.05) is 6.07 Å². The third-order valence-electron chi connectivity index (χ3n) is 2.88. The minimum absolute atomic E-state index is 0.215. The summed E-state index contributed by atoms with van der Waals surface area (Å²) >= 11 is 0. The Bertz CT molecular complexity index is 722. The van der Waals surface area contributed by atoms with Gasteiger partial charge >= 0.3 is 15.6 Å². The first-order valence-corrected chi connectivity index (χ1v) is 10.1. The molecular weight excluding hydrogens is 374 g/mol. The van der Waals surface area contributed by atoms with Crippen molar-refractivity contribution in [3.63, 3.8) is 0 Å². The van der Waals surface area contributed by atoms with Gasteiger partial charge in [-0.05, 0) is 43.5 Å². The monoisotopic (exact) mass is 394 g/mol. The zero-order chi connectivity index (χ0) is 19.3. The highest BCUT2D eigenvalue weighted by Gasteiger charge is 2.27. The second kappa shape index (κ2) is 8.78. The maximum absolute atomic E-state index is 12.0. The van der Waals surface area contributed by atoms with E-state index >= 15 is 0 Å². The van der Waals surface area contributed by atoms with Crippen LogP contribution in [0.4, 0.5) is 0 Å². The molecule has 0 heterocycles. The van der Waals surface area contributed by atoms with Crippen LogP contribution in [0.1, 0.15) is 17.5 Å². The number of aliphatic hydroxyl groups excluding tert-OH is 1. The van der Waals surface area contributed by atoms with Crippen LogP contribution in [0.15, 0.2) is 42.2 Å². The van der Waals surface area contributed by atoms with Crippen LogP contribution in [-0.4, -0.2) is 30.8 Å². The van der Waals surface area contributed by atoms with E-state index in [-0.39, 0.29) is 5.76 Å². The van der Waals surface area contributed by atoms with Crippen LogP contribution in [0.3, 0.4) is 0 Å². The number of phosphoric ester groups is 1. The molecule has 0 amide bonds. The third-order valence-corrected chi connectivity index (χ3v) is 3.73. The quantitative estimate of drug-likeness (QED) is 0.483. The predicted octanol–water partition coefficient (Wildman–Crippen LogP) is 2.08. The van der Waals surface area contributed by atoms with Gasteiger partial charge in [-0.2, -0.15) is 0 Å². The first-order chi connectivity index (χ1) is 11.4. The van der Waals surface area contributed by atoms with E-state index in [9.17, 15) is 14.6 Å². The van der Waals surface area contributed by atoms with E-state index in [0.717, 1.165) is 11.1 Å². The van der Waals surface area contributed by atoms with Crippen molar-refractivity contribution in [3.05, 3.63) is 53.3 Å². The fourth-order valence-electron chi connectivity index (χ4n) is 1.87. The minimum Gasteiger partial charge on any atom is -0.396 e. The number of hydrogen-bond donors (Lipinski definition) is 5. The SMILES string of the molecule is Cc1cccc(C)c1OP(=O)(O)OC1=CCC(O)C=C1.O=P(O)(O)O. The van der Waals surface area contributed by atoms with E-state index in [4.69, 9.17) is 28.3 Å². The van der Waals surface area contributed by atoms with Gasteiger partial charge in [0.1, 0.15) is 11.5 Å². The lowest BCUT2D eigenvalue weighted by molar-refractivity contribution is 0.216. The van der Waals surface area contributed by atoms with E-state index < -0.39 is 21.7 Å². The highest BCUT2D eigenvalue weighted by atomic mass is 31.2. The van der Waals surface area contributed by atoms with Gasteiger partial charge in [0.2, 0.25) is 0 Å². The van der Waals surface area contributed by atoms with Crippen LogP contribution in [0.5, 0.6) is 5.75 Å². The second-order valence-electron chi connectivity index (χ2n) is 5.15. The predicted molar refractivity (Wildman–Crippen MR) is 89.6 cm³/mol. The summed E-state index contributed by atoms with van der Waals surface area (Å²) in [6.45, 7) is 3.58. The summed E-state index contributed by atoms with van der Waals surface area (Å²) in [5.41, 5.74) is 1.51. The van der Waals surface area contributed by atoms with Crippen LogP contribution >= 0.6 is 15.6 Å². The molecule has 2 atom stereocenters. The molecule has 2 unspecified atom stereocenters. The average Bonchev–Trinajstić information content (AvgIpc) is 2.44. The Morgan fingerprint density at radius 3 is 2.00 bits per heavy atom. The van der Waals surface area contributed by atoms with Crippen molar-refractivity contribution < 1.29 is 42.9 Å². The van der Waals surface area contributed by atoms with Crippen LogP contribution in [0.2, 0.25) is 0 Å². The Morgan fingerprint density at radius 1 is 1.04 bits per heavy atom. The average molecular weight is 394 g/mol. The molecule has 0 radical (unpaired) electrons. The molecule has 5 N–H and O–H groups in total. The molecule has 1 aliphatic carbocycles. The molecule has 140 valence electrons. The molecule has 0 saturated carbocycles. The van der Waals surface area contributed by atoms with Gasteiger partial charge in [-0.1, -0.05) is 24.3 Å². The molecule has 2 rings (SSSR count). The Hall–Kier alpha value is -1.44. The summed E-state index contributed by atoms with van der Waals surface area (Å²) in [4.78, 5) is 31.4. The third kappa shape index (κ3) is 9.00. The van der Waals surface area contributed by atoms with Gasteiger partial charge in [0, 0.05) is 0 Å². The molecule has 11 heteroatoms. The molecule has 0 aliphatic heterocycles. The summed E-state index contributed by atoms with van der Waals surface area (Å²) in [7, 11) is -8.90. The molecule has 0 bridgehead atoms. The fourth-order valence-corrected chi connectivity index (χ4v) is 2.83. The highest BCUT2D eigenvalue weighted by molar-refractivity contribution is 7.48. The minimum atomic E-state index is -4.64. The Kier molecular flexibility index (Phi) is 7.59. The van der Waals surface area contributed by atoms with E-state index in [1.54, 1.807) is 32.1 Å². The van der Waals surface area contributed by atoms with Crippen LogP contribution in [0, 0.1) is 13.8 Å². The molecule has 0 spiro atoms. The van der Waals surface area contributed by atoms with E-state index in [0.29, 0.717) is 12.2 Å². The molecular formula is C14H20O9P2. The maximum Gasteiger partial charge on any atom is 0.584 e. The largest absolute Gasteiger partial charge is 0.584 e. The number of phosphoric acid groups is 2. The lowest BCUT2D eigenvalue weighted by Crippen LogP contribution is -2.06. The maximum atomic E-state index is 12.0.